The van der Waals surface area contributed by atoms with Crippen LogP contribution >= 0.6 is 0 Å². The second kappa shape index (κ2) is 10.9. The number of carbonyl (C=O) groups excluding carboxylic acids is 2. The lowest BCUT2D eigenvalue weighted by Crippen LogP contribution is -2.32. The Hall–Kier alpha value is -3.78. The van der Waals surface area contributed by atoms with Gasteiger partial charge < -0.3 is 29.5 Å². The molecular formula is C26H30N2O6. The average Bonchev–Trinajstić information content (AvgIpc) is 3.07. The van der Waals surface area contributed by atoms with Gasteiger partial charge in [-0.15, -0.1) is 0 Å². The molecule has 34 heavy (non-hydrogen) atoms. The van der Waals surface area contributed by atoms with E-state index in [0.717, 1.165) is 6.54 Å². The molecule has 2 aromatic rings. The summed E-state index contributed by atoms with van der Waals surface area (Å²) in [6, 6.07) is 10.4. The molecule has 8 heteroatoms. The lowest BCUT2D eigenvalue weighted by atomic mass is 9.95. The van der Waals surface area contributed by atoms with E-state index in [1.165, 1.54) is 18.1 Å². The maximum absolute atomic E-state index is 13.1. The predicted molar refractivity (Wildman–Crippen MR) is 129 cm³/mol. The zero-order valence-corrected chi connectivity index (χ0v) is 19.7. The van der Waals surface area contributed by atoms with Crippen LogP contribution in [-0.2, 0) is 9.59 Å². The summed E-state index contributed by atoms with van der Waals surface area (Å²) in [5, 5.41) is 21.2. The van der Waals surface area contributed by atoms with E-state index in [1.54, 1.807) is 42.5 Å². The molecular weight excluding hydrogens is 436 g/mol. The van der Waals surface area contributed by atoms with Crippen molar-refractivity contribution in [2.24, 2.45) is 0 Å². The van der Waals surface area contributed by atoms with E-state index in [4.69, 9.17) is 9.47 Å². The Morgan fingerprint density at radius 2 is 1.88 bits per heavy atom. The van der Waals surface area contributed by atoms with Crippen molar-refractivity contribution in [1.29, 1.82) is 0 Å². The number of ether oxygens (including phenoxy) is 2. The van der Waals surface area contributed by atoms with Crippen LogP contribution in [0.5, 0.6) is 17.2 Å². The first-order valence-corrected chi connectivity index (χ1v) is 10.9. The predicted octanol–water partition coefficient (Wildman–Crippen LogP) is 3.34. The van der Waals surface area contributed by atoms with Crippen LogP contribution in [0.1, 0.15) is 23.6 Å². The summed E-state index contributed by atoms with van der Waals surface area (Å²) in [6.07, 6.45) is 2.26. The summed E-state index contributed by atoms with van der Waals surface area (Å²) < 4.78 is 10.7. The van der Waals surface area contributed by atoms with Gasteiger partial charge in [0.05, 0.1) is 18.7 Å². The minimum absolute atomic E-state index is 0.0117. The largest absolute Gasteiger partial charge is 0.507 e. The number of benzene rings is 2. The molecule has 1 amide bonds. The second-order valence-corrected chi connectivity index (χ2v) is 8.20. The summed E-state index contributed by atoms with van der Waals surface area (Å²) >= 11 is 0. The number of Topliss-reactive ketones (excluding diaryl/α,β-unsaturated/α-hetero) is 1. The van der Waals surface area contributed by atoms with Crippen LogP contribution in [0.4, 0.5) is 0 Å². The Balaban J connectivity index is 2.07. The van der Waals surface area contributed by atoms with Crippen LogP contribution in [-0.4, -0.2) is 72.6 Å². The van der Waals surface area contributed by atoms with Gasteiger partial charge in [-0.3, -0.25) is 9.59 Å². The molecule has 0 aliphatic carbocycles. The Morgan fingerprint density at radius 3 is 2.50 bits per heavy atom. The zero-order valence-electron chi connectivity index (χ0n) is 19.7. The molecule has 2 aromatic carbocycles. The van der Waals surface area contributed by atoms with Gasteiger partial charge in [-0.2, -0.15) is 0 Å². The van der Waals surface area contributed by atoms with Gasteiger partial charge in [0.15, 0.2) is 11.5 Å². The minimum Gasteiger partial charge on any atom is -0.507 e. The quantitative estimate of drug-likeness (QED) is 0.240. The number of ketones is 1. The Kier molecular flexibility index (Phi) is 7.96. The zero-order chi connectivity index (χ0) is 24.8. The van der Waals surface area contributed by atoms with Crippen LogP contribution in [0, 0.1) is 0 Å². The van der Waals surface area contributed by atoms with Crippen molar-refractivity contribution in [3.63, 3.8) is 0 Å². The molecule has 1 atom stereocenters. The highest BCUT2D eigenvalue weighted by Crippen LogP contribution is 2.41. The number of nitrogens with zero attached hydrogens (tertiary/aromatic N) is 2. The van der Waals surface area contributed by atoms with Gasteiger partial charge in [0.1, 0.15) is 18.1 Å². The number of likely N-dealkylation sites (tertiary alicyclic amines) is 1. The van der Waals surface area contributed by atoms with E-state index in [2.05, 4.69) is 6.58 Å². The first-order valence-electron chi connectivity index (χ1n) is 10.9. The number of phenols is 1. The van der Waals surface area contributed by atoms with E-state index in [1.807, 2.05) is 19.0 Å². The third kappa shape index (κ3) is 5.23. The molecule has 1 aliphatic heterocycles. The number of phenolic OH excluding ortho intramolecular Hbond substituents is 1. The molecule has 2 N–H and O–H groups in total. The molecule has 0 radical (unpaired) electrons. The molecule has 1 saturated heterocycles. The lowest BCUT2D eigenvalue weighted by Gasteiger charge is -2.26. The molecule has 0 unspecified atom stereocenters. The summed E-state index contributed by atoms with van der Waals surface area (Å²) in [5.41, 5.74) is 0.918. The van der Waals surface area contributed by atoms with Crippen LogP contribution in [0.25, 0.3) is 5.76 Å². The van der Waals surface area contributed by atoms with Crippen molar-refractivity contribution < 1.29 is 29.3 Å². The number of carbonyl (C=O) groups is 2. The van der Waals surface area contributed by atoms with Crippen molar-refractivity contribution in [2.75, 3.05) is 40.9 Å². The molecule has 1 heterocycles. The average molecular weight is 467 g/mol. The molecule has 0 bridgehead atoms. The number of aliphatic hydroxyl groups is 1. The van der Waals surface area contributed by atoms with Gasteiger partial charge >= 0.3 is 0 Å². The van der Waals surface area contributed by atoms with Crippen LogP contribution in [0.2, 0.25) is 0 Å². The van der Waals surface area contributed by atoms with Gasteiger partial charge in [-0.25, -0.2) is 0 Å². The molecule has 1 aliphatic rings. The molecule has 180 valence electrons. The fraction of sp³-hybridized carbons (Fsp3) is 0.308. The van der Waals surface area contributed by atoms with Crippen molar-refractivity contribution in [3.05, 3.63) is 71.8 Å². The Labute approximate surface area is 199 Å². The third-order valence-electron chi connectivity index (χ3n) is 5.56. The second-order valence-electron chi connectivity index (χ2n) is 8.20. The van der Waals surface area contributed by atoms with Gasteiger partial charge in [0, 0.05) is 12.1 Å². The molecule has 1 fully saturated rings. The number of methoxy groups -OCH3 is 1. The van der Waals surface area contributed by atoms with E-state index >= 15 is 0 Å². The van der Waals surface area contributed by atoms with Gasteiger partial charge in [-0.05, 0) is 69.0 Å². The van der Waals surface area contributed by atoms with Crippen LogP contribution < -0.4 is 9.47 Å². The highest BCUT2D eigenvalue weighted by atomic mass is 16.5. The van der Waals surface area contributed by atoms with Gasteiger partial charge in [0.25, 0.3) is 11.7 Å². The molecule has 0 saturated carbocycles. The minimum atomic E-state index is -0.826. The topological polar surface area (TPSA) is 99.5 Å². The van der Waals surface area contributed by atoms with E-state index < -0.39 is 17.7 Å². The van der Waals surface area contributed by atoms with Crippen LogP contribution in [0.15, 0.2) is 60.7 Å². The summed E-state index contributed by atoms with van der Waals surface area (Å²) in [5.74, 6) is -0.984. The van der Waals surface area contributed by atoms with Crippen molar-refractivity contribution in [1.82, 2.24) is 9.80 Å². The highest BCUT2D eigenvalue weighted by molar-refractivity contribution is 6.46. The fourth-order valence-corrected chi connectivity index (χ4v) is 3.90. The smallest absolute Gasteiger partial charge is 0.295 e. The van der Waals surface area contributed by atoms with E-state index in [-0.39, 0.29) is 22.8 Å². The van der Waals surface area contributed by atoms with Crippen molar-refractivity contribution in [2.45, 2.75) is 12.5 Å². The Morgan fingerprint density at radius 1 is 1.18 bits per heavy atom. The number of rotatable bonds is 10. The van der Waals surface area contributed by atoms with Crippen molar-refractivity contribution >= 4 is 17.4 Å². The van der Waals surface area contributed by atoms with Gasteiger partial charge in [-0.1, -0.05) is 18.7 Å². The van der Waals surface area contributed by atoms with E-state index in [9.17, 15) is 19.8 Å². The number of amides is 1. The Bertz CT molecular complexity index is 1090. The lowest BCUT2D eigenvalue weighted by molar-refractivity contribution is -0.139. The first kappa shape index (κ1) is 24.9. The third-order valence-corrected chi connectivity index (χ3v) is 5.56. The molecule has 0 spiro atoms. The van der Waals surface area contributed by atoms with Crippen LogP contribution in [0.3, 0.4) is 0 Å². The number of hydrogen-bond acceptors (Lipinski definition) is 7. The van der Waals surface area contributed by atoms with Crippen molar-refractivity contribution in [3.8, 4) is 17.2 Å². The standard InChI is InChI=1S/C26H30N2O6/c1-5-15-34-19-10-7-17(8-11-19)24(30)22-23(18-9-12-20(29)21(16-18)33-4)28(26(32)25(22)31)14-6-13-27(2)3/h5,7-12,16,23,29-30H,1,6,13-15H2,2-4H3/b24-22+/t23-/m0/s1. The summed E-state index contributed by atoms with van der Waals surface area (Å²) in [4.78, 5) is 29.6. The molecule has 0 aromatic heterocycles. The SMILES string of the molecule is C=CCOc1ccc(/C(O)=C2\C(=O)C(=O)N(CCCN(C)C)[C@H]2c2ccc(O)c(OC)c2)cc1. The normalized spacial score (nSPS) is 17.3. The molecule has 8 nitrogen and oxygen atoms in total. The summed E-state index contributed by atoms with van der Waals surface area (Å²) in [6.45, 7) is 4.99. The molecule has 3 rings (SSSR count). The first-order chi connectivity index (χ1) is 16.3. The highest BCUT2D eigenvalue weighted by Gasteiger charge is 2.46. The fourth-order valence-electron chi connectivity index (χ4n) is 3.90. The number of aliphatic hydroxyl groups excluding tert-OH is 1. The van der Waals surface area contributed by atoms with E-state index in [0.29, 0.717) is 36.4 Å². The maximum Gasteiger partial charge on any atom is 0.295 e. The maximum atomic E-state index is 13.1. The number of hydrogen-bond donors (Lipinski definition) is 2. The number of aromatic hydroxyl groups is 1. The van der Waals surface area contributed by atoms with Gasteiger partial charge in [0.2, 0.25) is 0 Å². The summed E-state index contributed by atoms with van der Waals surface area (Å²) in [7, 11) is 5.28. The monoisotopic (exact) mass is 466 g/mol.